The van der Waals surface area contributed by atoms with Crippen LogP contribution >= 0.6 is 15.9 Å². The van der Waals surface area contributed by atoms with Crippen molar-refractivity contribution < 1.29 is 9.18 Å². The van der Waals surface area contributed by atoms with Gasteiger partial charge in [0.25, 0.3) is 0 Å². The standard InChI is InChI=1S/C17H22BrFN4O/c18-11-5-15(21-7-11)16(14(19)6-20)22-8-12-3-4-13(9-22)23(12)17(24)10-1-2-10/h5-6,10-13,20-21H,1-4,7-9H2/b16-14-,20-6?. The van der Waals surface area contributed by atoms with Crippen LogP contribution in [0.4, 0.5) is 4.39 Å². The van der Waals surface area contributed by atoms with E-state index < -0.39 is 5.83 Å². The van der Waals surface area contributed by atoms with Gasteiger partial charge < -0.3 is 20.5 Å². The van der Waals surface area contributed by atoms with Gasteiger partial charge in [-0.2, -0.15) is 0 Å². The van der Waals surface area contributed by atoms with Crippen LogP contribution in [0.15, 0.2) is 23.3 Å². The molecule has 130 valence electrons. The first-order chi connectivity index (χ1) is 11.6. The number of hydrogen-bond donors (Lipinski definition) is 2. The fraction of sp³-hybridized carbons (Fsp3) is 0.647. The van der Waals surface area contributed by atoms with Crippen molar-refractivity contribution in [2.75, 3.05) is 19.6 Å². The normalized spacial score (nSPS) is 33.1. The Morgan fingerprint density at radius 2 is 1.96 bits per heavy atom. The minimum atomic E-state index is -0.517. The Balaban J connectivity index is 1.57. The zero-order chi connectivity index (χ0) is 16.8. The highest BCUT2D eigenvalue weighted by molar-refractivity contribution is 9.09. The molecule has 7 heteroatoms. The largest absolute Gasteiger partial charge is 0.382 e. The molecule has 5 nitrogen and oxygen atoms in total. The van der Waals surface area contributed by atoms with Crippen LogP contribution in [0.25, 0.3) is 0 Å². The SMILES string of the molecule is N=C/C(F)=C(\C1=CC(Br)CN1)N1CC2CCC(C1)N2C(=O)C1CC1. The van der Waals surface area contributed by atoms with Gasteiger partial charge in [0.1, 0.15) is 0 Å². The molecule has 1 saturated carbocycles. The number of piperazine rings is 1. The molecule has 2 saturated heterocycles. The molecule has 2 bridgehead atoms. The van der Waals surface area contributed by atoms with Crippen LogP contribution < -0.4 is 5.32 Å². The number of hydrogen-bond acceptors (Lipinski definition) is 4. The number of nitrogens with one attached hydrogen (secondary N) is 2. The maximum atomic E-state index is 14.4. The average molecular weight is 397 g/mol. The van der Waals surface area contributed by atoms with E-state index in [1.54, 1.807) is 0 Å². The van der Waals surface area contributed by atoms with Crippen molar-refractivity contribution in [1.82, 2.24) is 15.1 Å². The van der Waals surface area contributed by atoms with E-state index in [1.165, 1.54) is 0 Å². The highest BCUT2D eigenvalue weighted by Gasteiger charge is 2.47. The molecule has 3 atom stereocenters. The van der Waals surface area contributed by atoms with Crippen molar-refractivity contribution in [3.8, 4) is 0 Å². The van der Waals surface area contributed by atoms with Crippen LogP contribution in [-0.4, -0.2) is 58.5 Å². The highest BCUT2D eigenvalue weighted by atomic mass is 79.9. The maximum Gasteiger partial charge on any atom is 0.226 e. The Hall–Kier alpha value is -1.37. The Bertz CT molecular complexity index is 616. The van der Waals surface area contributed by atoms with Crippen molar-refractivity contribution in [3.63, 3.8) is 0 Å². The van der Waals surface area contributed by atoms with Gasteiger partial charge in [0.15, 0.2) is 5.83 Å². The Kier molecular flexibility index (Phi) is 4.14. The summed E-state index contributed by atoms with van der Waals surface area (Å²) < 4.78 is 14.4. The van der Waals surface area contributed by atoms with E-state index in [-0.39, 0.29) is 22.8 Å². The van der Waals surface area contributed by atoms with Crippen LogP contribution in [0.1, 0.15) is 25.7 Å². The lowest BCUT2D eigenvalue weighted by molar-refractivity contribution is -0.137. The van der Waals surface area contributed by atoms with Crippen molar-refractivity contribution in [2.24, 2.45) is 5.92 Å². The maximum absolute atomic E-state index is 14.4. The van der Waals surface area contributed by atoms with E-state index in [0.717, 1.165) is 44.1 Å². The number of allylic oxidation sites excluding steroid dienone is 1. The molecule has 3 fully saturated rings. The number of alkyl halides is 1. The number of amides is 1. The van der Waals surface area contributed by atoms with Gasteiger partial charge in [-0.3, -0.25) is 4.79 Å². The van der Waals surface area contributed by atoms with Crippen molar-refractivity contribution in [1.29, 1.82) is 5.41 Å². The molecule has 24 heavy (non-hydrogen) atoms. The van der Waals surface area contributed by atoms with E-state index in [0.29, 0.717) is 24.7 Å². The molecule has 0 aromatic rings. The van der Waals surface area contributed by atoms with E-state index >= 15 is 0 Å². The summed E-state index contributed by atoms with van der Waals surface area (Å²) in [5.41, 5.74) is 1.22. The quantitative estimate of drug-likeness (QED) is 0.565. The molecule has 4 rings (SSSR count). The molecule has 1 amide bonds. The molecule has 1 aliphatic carbocycles. The number of fused-ring (bicyclic) bond motifs is 2. The summed E-state index contributed by atoms with van der Waals surface area (Å²) in [6, 6.07) is 0.347. The smallest absolute Gasteiger partial charge is 0.226 e. The molecule has 0 radical (unpaired) electrons. The molecule has 0 spiro atoms. The molecule has 3 heterocycles. The zero-order valence-corrected chi connectivity index (χ0v) is 15.1. The summed E-state index contributed by atoms with van der Waals surface area (Å²) in [5.74, 6) is 0.0250. The zero-order valence-electron chi connectivity index (χ0n) is 13.5. The Morgan fingerprint density at radius 1 is 1.29 bits per heavy atom. The van der Waals surface area contributed by atoms with E-state index in [1.807, 2.05) is 11.0 Å². The number of nitrogens with zero attached hydrogens (tertiary/aromatic N) is 2. The van der Waals surface area contributed by atoms with Crippen LogP contribution in [0.3, 0.4) is 0 Å². The number of rotatable bonds is 4. The number of carbonyl (C=O) groups excluding carboxylic acids is 1. The Morgan fingerprint density at radius 3 is 2.46 bits per heavy atom. The van der Waals surface area contributed by atoms with Gasteiger partial charge in [-0.15, -0.1) is 0 Å². The molecule has 3 unspecified atom stereocenters. The molecular formula is C17H22BrFN4O. The highest BCUT2D eigenvalue weighted by Crippen LogP contribution is 2.39. The second kappa shape index (κ2) is 6.17. The third-order valence-electron chi connectivity index (χ3n) is 5.42. The van der Waals surface area contributed by atoms with Gasteiger partial charge in [-0.1, -0.05) is 15.9 Å². The van der Waals surface area contributed by atoms with E-state index in [9.17, 15) is 9.18 Å². The predicted octanol–water partition coefficient (Wildman–Crippen LogP) is 2.15. The average Bonchev–Trinajstić information content (AvgIpc) is 3.29. The summed E-state index contributed by atoms with van der Waals surface area (Å²) in [4.78, 5) is 16.8. The van der Waals surface area contributed by atoms with E-state index in [4.69, 9.17) is 5.41 Å². The van der Waals surface area contributed by atoms with Crippen LogP contribution in [0.2, 0.25) is 0 Å². The fourth-order valence-corrected chi connectivity index (χ4v) is 4.60. The molecule has 0 aromatic heterocycles. The first-order valence-electron chi connectivity index (χ1n) is 8.66. The van der Waals surface area contributed by atoms with Gasteiger partial charge in [0, 0.05) is 37.6 Å². The van der Waals surface area contributed by atoms with Crippen LogP contribution in [0, 0.1) is 11.3 Å². The molecule has 0 aromatic carbocycles. The van der Waals surface area contributed by atoms with Gasteiger partial charge >= 0.3 is 0 Å². The summed E-state index contributed by atoms with van der Waals surface area (Å²) in [6.07, 6.45) is 6.77. The van der Waals surface area contributed by atoms with Gasteiger partial charge in [0.2, 0.25) is 5.91 Å². The van der Waals surface area contributed by atoms with Crippen molar-refractivity contribution >= 4 is 28.1 Å². The molecule has 2 N–H and O–H groups in total. The molecule has 4 aliphatic rings. The number of carbonyl (C=O) groups is 1. The second-order valence-corrected chi connectivity index (χ2v) is 8.30. The van der Waals surface area contributed by atoms with Crippen molar-refractivity contribution in [2.45, 2.75) is 42.6 Å². The van der Waals surface area contributed by atoms with Crippen LogP contribution in [0.5, 0.6) is 0 Å². The van der Waals surface area contributed by atoms with Gasteiger partial charge in [-0.05, 0) is 31.8 Å². The minimum absolute atomic E-state index is 0.173. The lowest BCUT2D eigenvalue weighted by Crippen LogP contribution is -2.56. The second-order valence-electron chi connectivity index (χ2n) is 7.13. The summed E-state index contributed by atoms with van der Waals surface area (Å²) in [5, 5.41) is 10.6. The van der Waals surface area contributed by atoms with E-state index in [2.05, 4.69) is 26.1 Å². The minimum Gasteiger partial charge on any atom is -0.382 e. The van der Waals surface area contributed by atoms with Crippen molar-refractivity contribution in [3.05, 3.63) is 23.3 Å². The van der Waals surface area contributed by atoms with Gasteiger partial charge in [0.05, 0.1) is 22.4 Å². The Labute approximate surface area is 149 Å². The number of halogens is 2. The van der Waals surface area contributed by atoms with Crippen LogP contribution in [-0.2, 0) is 4.79 Å². The van der Waals surface area contributed by atoms with Gasteiger partial charge in [-0.25, -0.2) is 4.39 Å². The lowest BCUT2D eigenvalue weighted by Gasteiger charge is -2.43. The summed E-state index contributed by atoms with van der Waals surface area (Å²) in [7, 11) is 0. The predicted molar refractivity (Wildman–Crippen MR) is 93.7 cm³/mol. The third kappa shape index (κ3) is 2.76. The fourth-order valence-electron chi connectivity index (χ4n) is 4.17. The summed E-state index contributed by atoms with van der Waals surface area (Å²) in [6.45, 7) is 2.02. The topological polar surface area (TPSA) is 59.4 Å². The lowest BCUT2D eigenvalue weighted by atomic mass is 10.1. The molecule has 3 aliphatic heterocycles. The molecular weight excluding hydrogens is 375 g/mol. The summed E-state index contributed by atoms with van der Waals surface area (Å²) >= 11 is 3.52. The first-order valence-corrected chi connectivity index (χ1v) is 9.57. The monoisotopic (exact) mass is 396 g/mol. The third-order valence-corrected chi connectivity index (χ3v) is 6.01. The number of likely N-dealkylation sites (tertiary alicyclic amines) is 1. The first kappa shape index (κ1) is 16.1.